The zero-order valence-electron chi connectivity index (χ0n) is 7.72. The first-order valence-electron chi connectivity index (χ1n) is 3.94. The van der Waals surface area contributed by atoms with Gasteiger partial charge < -0.3 is 10.8 Å². The maximum absolute atomic E-state index is 9.03. The normalized spacial score (nSPS) is 16.1. The van der Waals surface area contributed by atoms with Crippen LogP contribution in [0.25, 0.3) is 0 Å². The van der Waals surface area contributed by atoms with Crippen LogP contribution in [-0.2, 0) is 5.54 Å². The molecule has 12 heavy (non-hydrogen) atoms. The molecule has 3 heteroatoms. The Labute approximate surface area is 77.0 Å². The summed E-state index contributed by atoms with van der Waals surface area (Å²) in [4.78, 5) is 2.33. The smallest absolute Gasteiger partial charge is 0.0709 e. The van der Waals surface area contributed by atoms with Crippen molar-refractivity contribution in [3.63, 3.8) is 0 Å². The van der Waals surface area contributed by atoms with Gasteiger partial charge in [0.25, 0.3) is 0 Å². The minimum absolute atomic E-state index is 0.00755. The van der Waals surface area contributed by atoms with Gasteiger partial charge in [0.1, 0.15) is 0 Å². The van der Waals surface area contributed by atoms with Gasteiger partial charge in [-0.3, -0.25) is 0 Å². The van der Waals surface area contributed by atoms with Gasteiger partial charge in [-0.05, 0) is 32.4 Å². The van der Waals surface area contributed by atoms with Crippen LogP contribution in [0.2, 0.25) is 0 Å². The van der Waals surface area contributed by atoms with Crippen molar-refractivity contribution in [2.24, 2.45) is 5.73 Å². The molecule has 2 nitrogen and oxygen atoms in total. The second kappa shape index (κ2) is 3.17. The molecule has 1 atom stereocenters. The second-order valence-corrected chi connectivity index (χ2v) is 4.68. The van der Waals surface area contributed by atoms with Crippen LogP contribution in [0.1, 0.15) is 22.2 Å². The van der Waals surface area contributed by atoms with Crippen LogP contribution < -0.4 is 5.73 Å². The van der Waals surface area contributed by atoms with E-state index >= 15 is 0 Å². The molecule has 0 aliphatic carbocycles. The number of thiophene rings is 1. The molecule has 0 unspecified atom stereocenters. The summed E-state index contributed by atoms with van der Waals surface area (Å²) in [5.41, 5.74) is 6.55. The quantitative estimate of drug-likeness (QED) is 0.734. The minimum atomic E-state index is -0.580. The molecule has 0 amide bonds. The van der Waals surface area contributed by atoms with Gasteiger partial charge in [-0.15, -0.1) is 11.3 Å². The molecule has 0 spiro atoms. The lowest BCUT2D eigenvalue weighted by molar-refractivity contribution is 0.212. The molecule has 0 aliphatic heterocycles. The van der Waals surface area contributed by atoms with Crippen molar-refractivity contribution in [1.82, 2.24) is 0 Å². The fraction of sp³-hybridized carbons (Fsp3) is 0.556. The highest BCUT2D eigenvalue weighted by Crippen LogP contribution is 2.28. The summed E-state index contributed by atoms with van der Waals surface area (Å²) in [5, 5.41) is 9.03. The molecular formula is C9H15NOS. The van der Waals surface area contributed by atoms with E-state index in [9.17, 15) is 0 Å². The molecule has 0 fully saturated rings. The summed E-state index contributed by atoms with van der Waals surface area (Å²) in [5.74, 6) is 0. The summed E-state index contributed by atoms with van der Waals surface area (Å²) < 4.78 is 0. The van der Waals surface area contributed by atoms with Gasteiger partial charge in [-0.1, -0.05) is 0 Å². The highest BCUT2D eigenvalue weighted by molar-refractivity contribution is 7.12. The molecule has 68 valence electrons. The van der Waals surface area contributed by atoms with Crippen LogP contribution in [0.3, 0.4) is 0 Å². The third-order valence-corrected chi connectivity index (χ3v) is 3.49. The standard InChI is InChI=1S/C9H15NOS/c1-6-4-8(12-7(6)2)9(3,10)5-11/h4,11H,5,10H2,1-3H3/t9-/m1/s1. The molecule has 1 aromatic rings. The second-order valence-electron chi connectivity index (χ2n) is 3.43. The molecule has 0 radical (unpaired) electrons. The van der Waals surface area contributed by atoms with E-state index in [0.29, 0.717) is 0 Å². The minimum Gasteiger partial charge on any atom is -0.394 e. The Morgan fingerprint density at radius 2 is 2.17 bits per heavy atom. The van der Waals surface area contributed by atoms with Crippen molar-refractivity contribution in [3.05, 3.63) is 21.4 Å². The highest BCUT2D eigenvalue weighted by Gasteiger charge is 2.22. The summed E-state index contributed by atoms with van der Waals surface area (Å²) in [7, 11) is 0. The topological polar surface area (TPSA) is 46.2 Å². The zero-order valence-corrected chi connectivity index (χ0v) is 8.53. The van der Waals surface area contributed by atoms with Crippen molar-refractivity contribution in [2.75, 3.05) is 6.61 Å². The van der Waals surface area contributed by atoms with Crippen LogP contribution in [0.5, 0.6) is 0 Å². The molecule has 1 aromatic heterocycles. The lowest BCUT2D eigenvalue weighted by atomic mass is 10.0. The van der Waals surface area contributed by atoms with Crippen LogP contribution in [0.4, 0.5) is 0 Å². The first kappa shape index (κ1) is 9.71. The van der Waals surface area contributed by atoms with Crippen LogP contribution in [0, 0.1) is 13.8 Å². The Hall–Kier alpha value is -0.380. The average molecular weight is 185 g/mol. The van der Waals surface area contributed by atoms with Gasteiger partial charge in [0.05, 0.1) is 12.1 Å². The monoisotopic (exact) mass is 185 g/mol. The Morgan fingerprint density at radius 3 is 2.50 bits per heavy atom. The fourth-order valence-corrected chi connectivity index (χ4v) is 2.02. The van der Waals surface area contributed by atoms with Crippen molar-refractivity contribution in [2.45, 2.75) is 26.3 Å². The van der Waals surface area contributed by atoms with Crippen LogP contribution in [0.15, 0.2) is 6.07 Å². The average Bonchev–Trinajstić information content (AvgIpc) is 2.33. The number of aryl methyl sites for hydroxylation is 2. The molecule has 0 saturated heterocycles. The number of rotatable bonds is 2. The fourth-order valence-electron chi connectivity index (χ4n) is 0.933. The summed E-state index contributed by atoms with van der Waals surface area (Å²) >= 11 is 1.66. The molecule has 0 bridgehead atoms. The van der Waals surface area contributed by atoms with Gasteiger partial charge >= 0.3 is 0 Å². The van der Waals surface area contributed by atoms with Gasteiger partial charge in [-0.2, -0.15) is 0 Å². The third-order valence-electron chi connectivity index (χ3n) is 2.06. The lowest BCUT2D eigenvalue weighted by Crippen LogP contribution is -2.35. The summed E-state index contributed by atoms with van der Waals surface area (Å²) in [6, 6.07) is 2.05. The predicted octanol–water partition coefficient (Wildman–Crippen LogP) is 1.53. The van der Waals surface area contributed by atoms with Crippen LogP contribution >= 0.6 is 11.3 Å². The molecular weight excluding hydrogens is 170 g/mol. The predicted molar refractivity (Wildman–Crippen MR) is 52.4 cm³/mol. The number of hydrogen-bond acceptors (Lipinski definition) is 3. The highest BCUT2D eigenvalue weighted by atomic mass is 32.1. The largest absolute Gasteiger partial charge is 0.394 e. The van der Waals surface area contributed by atoms with Crippen molar-refractivity contribution in [3.8, 4) is 0 Å². The van der Waals surface area contributed by atoms with E-state index < -0.39 is 5.54 Å². The van der Waals surface area contributed by atoms with E-state index in [0.717, 1.165) is 4.88 Å². The Morgan fingerprint density at radius 1 is 1.58 bits per heavy atom. The maximum atomic E-state index is 9.03. The van der Waals surface area contributed by atoms with E-state index in [1.807, 2.05) is 6.92 Å². The van der Waals surface area contributed by atoms with Gasteiger partial charge in [0, 0.05) is 9.75 Å². The number of aliphatic hydroxyl groups is 1. The number of nitrogens with two attached hydrogens (primary N) is 1. The lowest BCUT2D eigenvalue weighted by Gasteiger charge is -2.19. The molecule has 0 saturated carbocycles. The number of aliphatic hydroxyl groups excluding tert-OH is 1. The van der Waals surface area contributed by atoms with E-state index in [1.54, 1.807) is 11.3 Å². The van der Waals surface area contributed by atoms with E-state index in [2.05, 4.69) is 19.9 Å². The maximum Gasteiger partial charge on any atom is 0.0709 e. The third kappa shape index (κ3) is 1.68. The molecule has 3 N–H and O–H groups in total. The summed E-state index contributed by atoms with van der Waals surface area (Å²) in [6.07, 6.45) is 0. The molecule has 1 rings (SSSR count). The van der Waals surface area contributed by atoms with Gasteiger partial charge in [0.15, 0.2) is 0 Å². The molecule has 0 aliphatic rings. The van der Waals surface area contributed by atoms with Crippen LogP contribution in [-0.4, -0.2) is 11.7 Å². The van der Waals surface area contributed by atoms with Gasteiger partial charge in [0.2, 0.25) is 0 Å². The molecule has 1 heterocycles. The first-order chi connectivity index (χ1) is 5.47. The Balaban J connectivity index is 3.04. The zero-order chi connectivity index (χ0) is 9.35. The van der Waals surface area contributed by atoms with E-state index in [4.69, 9.17) is 10.8 Å². The van der Waals surface area contributed by atoms with Crippen molar-refractivity contribution >= 4 is 11.3 Å². The van der Waals surface area contributed by atoms with Gasteiger partial charge in [-0.25, -0.2) is 0 Å². The summed E-state index contributed by atoms with van der Waals surface area (Å²) in [6.45, 7) is 5.96. The molecule has 0 aromatic carbocycles. The first-order valence-corrected chi connectivity index (χ1v) is 4.76. The van der Waals surface area contributed by atoms with Crippen molar-refractivity contribution < 1.29 is 5.11 Å². The van der Waals surface area contributed by atoms with E-state index in [1.165, 1.54) is 10.4 Å². The van der Waals surface area contributed by atoms with E-state index in [-0.39, 0.29) is 6.61 Å². The van der Waals surface area contributed by atoms with Crippen molar-refractivity contribution in [1.29, 1.82) is 0 Å². The Kier molecular flexibility index (Phi) is 2.56. The Bertz CT molecular complexity index is 259. The SMILES string of the molecule is Cc1cc([C@](C)(N)CO)sc1C. The number of hydrogen-bond donors (Lipinski definition) is 2.